The van der Waals surface area contributed by atoms with E-state index in [-0.39, 0.29) is 17.3 Å². The van der Waals surface area contributed by atoms with E-state index in [9.17, 15) is 14.0 Å². The summed E-state index contributed by atoms with van der Waals surface area (Å²) in [5.74, 6) is -0.523. The minimum absolute atomic E-state index is 0.0440. The first-order valence-electron chi connectivity index (χ1n) is 8.26. The number of aryl methyl sites for hydroxylation is 1. The van der Waals surface area contributed by atoms with Crippen LogP contribution in [0.5, 0.6) is 0 Å². The maximum absolute atomic E-state index is 14.2. The van der Waals surface area contributed by atoms with E-state index in [2.05, 4.69) is 0 Å². The molecule has 1 amide bonds. The summed E-state index contributed by atoms with van der Waals surface area (Å²) >= 11 is 1.05. The average Bonchev–Trinajstić information content (AvgIpc) is 2.61. The van der Waals surface area contributed by atoms with Gasteiger partial charge in [-0.2, -0.15) is 0 Å². The van der Waals surface area contributed by atoms with Gasteiger partial charge in [0.25, 0.3) is 5.24 Å². The van der Waals surface area contributed by atoms with Gasteiger partial charge < -0.3 is 15.1 Å². The third-order valence-electron chi connectivity index (χ3n) is 4.30. The molecule has 2 N–H and O–H groups in total. The molecule has 0 aliphatic carbocycles. The Kier molecular flexibility index (Phi) is 5.23. The molecule has 0 saturated heterocycles. The Morgan fingerprint density at radius 1 is 1.26 bits per heavy atom. The Bertz CT molecular complexity index is 1090. The minimum atomic E-state index is -0.525. The lowest BCUT2D eigenvalue weighted by Gasteiger charge is -2.11. The summed E-state index contributed by atoms with van der Waals surface area (Å²) in [6.07, 6.45) is 0.0938. The standard InChI is InChI=1S/C20H19FN2O3S/c1-11-14-8-7-13(27-20(25)23(2)3)10-17(14)26-19(24)15(11)9-12-5-4-6-16(22)18(12)21/h4-8,10H,9,22H2,1-3H3. The summed E-state index contributed by atoms with van der Waals surface area (Å²) in [5, 5.41) is 0.623. The van der Waals surface area contributed by atoms with Gasteiger partial charge in [-0.15, -0.1) is 0 Å². The maximum atomic E-state index is 14.2. The fourth-order valence-electron chi connectivity index (χ4n) is 2.76. The number of amides is 1. The highest BCUT2D eigenvalue weighted by atomic mass is 32.2. The van der Waals surface area contributed by atoms with Crippen molar-refractivity contribution in [2.24, 2.45) is 0 Å². The van der Waals surface area contributed by atoms with E-state index in [0.717, 1.165) is 22.7 Å². The van der Waals surface area contributed by atoms with Crippen molar-refractivity contribution >= 4 is 33.7 Å². The number of nitrogens with two attached hydrogens (primary N) is 1. The fraction of sp³-hybridized carbons (Fsp3) is 0.200. The van der Waals surface area contributed by atoms with Crippen LogP contribution < -0.4 is 11.4 Å². The van der Waals surface area contributed by atoms with Crippen molar-refractivity contribution in [1.82, 2.24) is 4.90 Å². The summed E-state index contributed by atoms with van der Waals surface area (Å²) in [5.41, 5.74) is 6.97. The molecule has 0 radical (unpaired) electrons. The summed E-state index contributed by atoms with van der Waals surface area (Å²) in [6.45, 7) is 1.80. The van der Waals surface area contributed by atoms with Gasteiger partial charge in [-0.1, -0.05) is 12.1 Å². The number of nitrogens with zero attached hydrogens (tertiary/aromatic N) is 1. The van der Waals surface area contributed by atoms with Crippen molar-refractivity contribution in [3.8, 4) is 0 Å². The van der Waals surface area contributed by atoms with E-state index in [1.807, 2.05) is 0 Å². The van der Waals surface area contributed by atoms with Gasteiger partial charge in [0, 0.05) is 36.4 Å². The van der Waals surface area contributed by atoms with E-state index in [0.29, 0.717) is 21.6 Å². The first kappa shape index (κ1) is 19.0. The smallest absolute Gasteiger partial charge is 0.340 e. The third-order valence-corrected chi connectivity index (χ3v) is 5.33. The van der Waals surface area contributed by atoms with E-state index in [4.69, 9.17) is 10.2 Å². The Balaban J connectivity index is 2.02. The van der Waals surface area contributed by atoms with Crippen molar-refractivity contribution in [2.45, 2.75) is 18.2 Å². The molecule has 0 atom stereocenters. The van der Waals surface area contributed by atoms with E-state index < -0.39 is 11.4 Å². The Morgan fingerprint density at radius 3 is 2.70 bits per heavy atom. The lowest BCUT2D eigenvalue weighted by Crippen LogP contribution is -2.16. The number of halogens is 1. The predicted molar refractivity (Wildman–Crippen MR) is 106 cm³/mol. The minimum Gasteiger partial charge on any atom is -0.422 e. The van der Waals surface area contributed by atoms with Gasteiger partial charge >= 0.3 is 5.63 Å². The monoisotopic (exact) mass is 386 g/mol. The van der Waals surface area contributed by atoms with Crippen LogP contribution in [0.2, 0.25) is 0 Å². The van der Waals surface area contributed by atoms with Gasteiger partial charge in [0.2, 0.25) is 0 Å². The number of anilines is 1. The van der Waals surface area contributed by atoms with Crippen LogP contribution in [0.25, 0.3) is 11.0 Å². The number of nitrogen functional groups attached to an aromatic ring is 1. The zero-order valence-electron chi connectivity index (χ0n) is 15.2. The summed E-state index contributed by atoms with van der Waals surface area (Å²) in [7, 11) is 3.34. The molecule has 5 nitrogen and oxygen atoms in total. The zero-order valence-corrected chi connectivity index (χ0v) is 16.0. The van der Waals surface area contributed by atoms with Gasteiger partial charge in [-0.25, -0.2) is 9.18 Å². The second-order valence-electron chi connectivity index (χ2n) is 6.41. The molecule has 0 aliphatic rings. The molecule has 7 heteroatoms. The van der Waals surface area contributed by atoms with Crippen molar-refractivity contribution in [1.29, 1.82) is 0 Å². The average molecular weight is 386 g/mol. The number of carbonyl (C=O) groups is 1. The number of hydrogen-bond acceptors (Lipinski definition) is 5. The molecule has 3 aromatic rings. The highest BCUT2D eigenvalue weighted by Gasteiger charge is 2.16. The summed E-state index contributed by atoms with van der Waals surface area (Å²) < 4.78 is 19.7. The first-order valence-corrected chi connectivity index (χ1v) is 9.08. The quantitative estimate of drug-likeness (QED) is 0.415. The SMILES string of the molecule is Cc1c(Cc2cccc(N)c2F)c(=O)oc2cc(SC(=O)N(C)C)ccc12. The predicted octanol–water partition coefficient (Wildman–Crippen LogP) is 4.19. The van der Waals surface area contributed by atoms with Crippen LogP contribution in [0.4, 0.5) is 14.9 Å². The van der Waals surface area contributed by atoms with Crippen LogP contribution in [-0.2, 0) is 6.42 Å². The fourth-order valence-corrected chi connectivity index (χ4v) is 3.45. The number of carbonyl (C=O) groups excluding carboxylic acids is 1. The first-order chi connectivity index (χ1) is 12.8. The third kappa shape index (κ3) is 3.83. The lowest BCUT2D eigenvalue weighted by atomic mass is 9.99. The normalized spacial score (nSPS) is 11.0. The molecule has 1 heterocycles. The molecule has 140 valence electrons. The van der Waals surface area contributed by atoms with Crippen molar-refractivity contribution in [3.63, 3.8) is 0 Å². The molecule has 3 rings (SSSR count). The van der Waals surface area contributed by atoms with E-state index in [1.165, 1.54) is 11.0 Å². The number of fused-ring (bicyclic) bond motifs is 1. The van der Waals surface area contributed by atoms with Gasteiger partial charge in [0.15, 0.2) is 0 Å². The molecular weight excluding hydrogens is 367 g/mol. The summed E-state index contributed by atoms with van der Waals surface area (Å²) in [4.78, 5) is 26.5. The number of rotatable bonds is 3. The molecule has 0 spiro atoms. The Hall–Kier alpha value is -2.80. The molecule has 0 bridgehead atoms. The zero-order chi connectivity index (χ0) is 19.7. The van der Waals surface area contributed by atoms with Crippen LogP contribution >= 0.6 is 11.8 Å². The number of thioether (sulfide) groups is 1. The van der Waals surface area contributed by atoms with E-state index in [1.54, 1.807) is 51.4 Å². The maximum Gasteiger partial charge on any atom is 0.340 e. The molecule has 1 aromatic heterocycles. The second kappa shape index (κ2) is 7.44. The van der Waals surface area contributed by atoms with Gasteiger partial charge in [0.1, 0.15) is 11.4 Å². The van der Waals surface area contributed by atoms with Crippen molar-refractivity contribution < 1.29 is 13.6 Å². The van der Waals surface area contributed by atoms with E-state index >= 15 is 0 Å². The molecule has 0 aliphatic heterocycles. The van der Waals surface area contributed by atoms with Gasteiger partial charge in [-0.05, 0) is 54.1 Å². The van der Waals surface area contributed by atoms with Gasteiger partial charge in [0.05, 0.1) is 5.69 Å². The Labute approximate surface area is 160 Å². The number of hydrogen-bond donors (Lipinski definition) is 1. The van der Waals surface area contributed by atoms with Crippen molar-refractivity contribution in [2.75, 3.05) is 19.8 Å². The van der Waals surface area contributed by atoms with Crippen LogP contribution in [0, 0.1) is 12.7 Å². The Morgan fingerprint density at radius 2 is 2.00 bits per heavy atom. The molecule has 2 aromatic carbocycles. The highest BCUT2D eigenvalue weighted by Crippen LogP contribution is 2.28. The molecule has 0 saturated carbocycles. The van der Waals surface area contributed by atoms with Crippen LogP contribution in [0.1, 0.15) is 16.7 Å². The number of benzene rings is 2. The topological polar surface area (TPSA) is 76.5 Å². The molecule has 0 fully saturated rings. The summed E-state index contributed by atoms with van der Waals surface area (Å²) in [6, 6.07) is 9.99. The second-order valence-corrected chi connectivity index (χ2v) is 7.44. The van der Waals surface area contributed by atoms with Crippen LogP contribution in [0.3, 0.4) is 0 Å². The highest BCUT2D eigenvalue weighted by molar-refractivity contribution is 8.13. The van der Waals surface area contributed by atoms with Crippen LogP contribution in [0.15, 0.2) is 50.5 Å². The molecule has 0 unspecified atom stereocenters. The molecular formula is C20H19FN2O3S. The largest absolute Gasteiger partial charge is 0.422 e. The van der Waals surface area contributed by atoms with Crippen molar-refractivity contribution in [3.05, 3.63) is 69.3 Å². The van der Waals surface area contributed by atoms with Gasteiger partial charge in [-0.3, -0.25) is 4.79 Å². The lowest BCUT2D eigenvalue weighted by molar-refractivity contribution is 0.241. The molecule has 27 heavy (non-hydrogen) atoms. The van der Waals surface area contributed by atoms with Crippen LogP contribution in [-0.4, -0.2) is 24.2 Å².